The summed E-state index contributed by atoms with van der Waals surface area (Å²) in [4.78, 5) is 25.9. The Bertz CT molecular complexity index is 507. The molecule has 0 radical (unpaired) electrons. The fraction of sp³-hybridized carbons (Fsp3) is 0.529. The zero-order valence-electron chi connectivity index (χ0n) is 13.5. The fourth-order valence-corrected chi connectivity index (χ4v) is 2.83. The van der Waals surface area contributed by atoms with Gasteiger partial charge in [0.15, 0.2) is 0 Å². The minimum Gasteiger partial charge on any atom is -0.376 e. The third-order valence-electron chi connectivity index (χ3n) is 4.07. The normalized spacial score (nSPS) is 17.6. The Morgan fingerprint density at radius 1 is 1.22 bits per heavy atom. The smallest absolute Gasteiger partial charge is 0.242 e. The summed E-state index contributed by atoms with van der Waals surface area (Å²) in [5, 5.41) is 6.03. The van der Waals surface area contributed by atoms with Gasteiger partial charge in [0, 0.05) is 37.8 Å². The second kappa shape index (κ2) is 9.15. The van der Waals surface area contributed by atoms with Crippen LogP contribution in [-0.2, 0) is 9.59 Å². The SMILES string of the molecule is NCCC(=O)NCC1CCCCN1C(=O)CNc1ccccc1. The molecule has 0 bridgehead atoms. The molecule has 1 fully saturated rings. The van der Waals surface area contributed by atoms with Gasteiger partial charge in [-0.1, -0.05) is 18.2 Å². The predicted molar refractivity (Wildman–Crippen MR) is 91.0 cm³/mol. The second-order valence-electron chi connectivity index (χ2n) is 5.80. The van der Waals surface area contributed by atoms with Crippen molar-refractivity contribution in [2.75, 3.05) is 31.5 Å². The van der Waals surface area contributed by atoms with Crippen LogP contribution in [0.1, 0.15) is 25.7 Å². The third-order valence-corrected chi connectivity index (χ3v) is 4.07. The Morgan fingerprint density at radius 3 is 2.74 bits per heavy atom. The van der Waals surface area contributed by atoms with Gasteiger partial charge in [0.2, 0.25) is 11.8 Å². The minimum absolute atomic E-state index is 0.0483. The number of nitrogens with one attached hydrogen (secondary N) is 2. The molecule has 126 valence electrons. The fourth-order valence-electron chi connectivity index (χ4n) is 2.83. The quantitative estimate of drug-likeness (QED) is 0.698. The van der Waals surface area contributed by atoms with E-state index in [4.69, 9.17) is 5.73 Å². The highest BCUT2D eigenvalue weighted by atomic mass is 16.2. The molecule has 6 heteroatoms. The second-order valence-corrected chi connectivity index (χ2v) is 5.80. The number of piperidine rings is 1. The maximum atomic E-state index is 12.5. The van der Waals surface area contributed by atoms with E-state index in [0.717, 1.165) is 31.5 Å². The van der Waals surface area contributed by atoms with Gasteiger partial charge in [-0.25, -0.2) is 0 Å². The average molecular weight is 318 g/mol. The maximum Gasteiger partial charge on any atom is 0.242 e. The van der Waals surface area contributed by atoms with E-state index in [0.29, 0.717) is 19.5 Å². The molecule has 0 spiro atoms. The highest BCUT2D eigenvalue weighted by Crippen LogP contribution is 2.17. The first-order valence-corrected chi connectivity index (χ1v) is 8.26. The molecule has 0 aromatic heterocycles. The number of hydrogen-bond donors (Lipinski definition) is 3. The van der Waals surface area contributed by atoms with Crippen molar-refractivity contribution in [2.45, 2.75) is 31.7 Å². The highest BCUT2D eigenvalue weighted by molar-refractivity contribution is 5.81. The number of nitrogens with two attached hydrogens (primary N) is 1. The molecule has 23 heavy (non-hydrogen) atoms. The third kappa shape index (κ3) is 5.56. The van der Waals surface area contributed by atoms with E-state index in [9.17, 15) is 9.59 Å². The molecule has 4 N–H and O–H groups in total. The number of amides is 2. The van der Waals surface area contributed by atoms with Crippen molar-refractivity contribution in [1.82, 2.24) is 10.2 Å². The average Bonchev–Trinajstić information content (AvgIpc) is 2.59. The lowest BCUT2D eigenvalue weighted by molar-refractivity contribution is -0.133. The van der Waals surface area contributed by atoms with Crippen LogP contribution in [0.5, 0.6) is 0 Å². The molecule has 6 nitrogen and oxygen atoms in total. The molecule has 1 saturated heterocycles. The Kier molecular flexibility index (Phi) is 6.87. The van der Waals surface area contributed by atoms with Gasteiger partial charge in [0.25, 0.3) is 0 Å². The number of rotatable bonds is 7. The Balaban J connectivity index is 1.84. The van der Waals surface area contributed by atoms with Crippen molar-refractivity contribution >= 4 is 17.5 Å². The van der Waals surface area contributed by atoms with Crippen LogP contribution in [-0.4, -0.2) is 48.9 Å². The summed E-state index contributed by atoms with van der Waals surface area (Å²) in [5.41, 5.74) is 6.31. The molecule has 1 unspecified atom stereocenters. The molecule has 1 aliphatic rings. The number of benzene rings is 1. The van der Waals surface area contributed by atoms with Crippen molar-refractivity contribution < 1.29 is 9.59 Å². The monoisotopic (exact) mass is 318 g/mol. The predicted octanol–water partition coefficient (Wildman–Crippen LogP) is 0.945. The molecule has 1 aliphatic heterocycles. The zero-order valence-corrected chi connectivity index (χ0v) is 13.5. The van der Waals surface area contributed by atoms with Crippen LogP contribution in [0.25, 0.3) is 0 Å². The molecule has 1 atom stereocenters. The summed E-state index contributed by atoms with van der Waals surface area (Å²) in [6, 6.07) is 9.77. The van der Waals surface area contributed by atoms with E-state index in [-0.39, 0.29) is 24.4 Å². The Morgan fingerprint density at radius 2 is 2.00 bits per heavy atom. The van der Waals surface area contributed by atoms with Gasteiger partial charge < -0.3 is 21.3 Å². The minimum atomic E-state index is -0.0483. The number of para-hydroxylation sites is 1. The summed E-state index contributed by atoms with van der Waals surface area (Å²) in [5.74, 6) is 0.0273. The van der Waals surface area contributed by atoms with Crippen molar-refractivity contribution in [3.8, 4) is 0 Å². The summed E-state index contributed by atoms with van der Waals surface area (Å²) < 4.78 is 0. The number of hydrogen-bond acceptors (Lipinski definition) is 4. The standard InChI is InChI=1S/C17H26N4O2/c18-10-9-16(22)20-12-15-8-4-5-11-21(15)17(23)13-19-14-6-2-1-3-7-14/h1-3,6-7,15,19H,4-5,8-13,18H2,(H,20,22). The number of carbonyl (C=O) groups is 2. The van der Waals surface area contributed by atoms with Gasteiger partial charge in [0.1, 0.15) is 0 Å². The van der Waals surface area contributed by atoms with E-state index < -0.39 is 0 Å². The van der Waals surface area contributed by atoms with E-state index in [1.54, 1.807) is 0 Å². The first kappa shape index (κ1) is 17.3. The van der Waals surface area contributed by atoms with Gasteiger partial charge in [-0.15, -0.1) is 0 Å². The summed E-state index contributed by atoms with van der Waals surface area (Å²) in [7, 11) is 0. The molecule has 0 aliphatic carbocycles. The largest absolute Gasteiger partial charge is 0.376 e. The first-order valence-electron chi connectivity index (χ1n) is 8.26. The van der Waals surface area contributed by atoms with Crippen LogP contribution in [0, 0.1) is 0 Å². The molecule has 2 amide bonds. The first-order chi connectivity index (χ1) is 11.2. The number of anilines is 1. The van der Waals surface area contributed by atoms with Gasteiger partial charge in [-0.3, -0.25) is 9.59 Å². The van der Waals surface area contributed by atoms with Crippen LogP contribution in [0.15, 0.2) is 30.3 Å². The zero-order chi connectivity index (χ0) is 16.5. The van der Waals surface area contributed by atoms with Crippen LogP contribution >= 0.6 is 0 Å². The van der Waals surface area contributed by atoms with Gasteiger partial charge in [0.05, 0.1) is 6.54 Å². The van der Waals surface area contributed by atoms with Crippen LogP contribution in [0.3, 0.4) is 0 Å². The van der Waals surface area contributed by atoms with Crippen molar-refractivity contribution in [3.05, 3.63) is 30.3 Å². The van der Waals surface area contributed by atoms with Crippen LogP contribution < -0.4 is 16.4 Å². The lowest BCUT2D eigenvalue weighted by Gasteiger charge is -2.36. The van der Waals surface area contributed by atoms with Crippen LogP contribution in [0.4, 0.5) is 5.69 Å². The summed E-state index contributed by atoms with van der Waals surface area (Å²) in [6.45, 7) is 1.89. The summed E-state index contributed by atoms with van der Waals surface area (Å²) >= 11 is 0. The van der Waals surface area contributed by atoms with Gasteiger partial charge in [-0.2, -0.15) is 0 Å². The Labute approximate surface area is 137 Å². The lowest BCUT2D eigenvalue weighted by Crippen LogP contribution is -2.51. The molecular formula is C17H26N4O2. The molecule has 1 heterocycles. The van der Waals surface area contributed by atoms with E-state index >= 15 is 0 Å². The topological polar surface area (TPSA) is 87.5 Å². The van der Waals surface area contributed by atoms with E-state index in [1.807, 2.05) is 35.2 Å². The Hall–Kier alpha value is -2.08. The molecule has 1 aromatic carbocycles. The van der Waals surface area contributed by atoms with Crippen molar-refractivity contribution in [1.29, 1.82) is 0 Å². The summed E-state index contributed by atoms with van der Waals surface area (Å²) in [6.07, 6.45) is 3.37. The maximum absolute atomic E-state index is 12.5. The van der Waals surface area contributed by atoms with E-state index in [2.05, 4.69) is 10.6 Å². The number of nitrogens with zero attached hydrogens (tertiary/aromatic N) is 1. The van der Waals surface area contributed by atoms with Gasteiger partial charge in [-0.05, 0) is 31.4 Å². The number of likely N-dealkylation sites (tertiary alicyclic amines) is 1. The van der Waals surface area contributed by atoms with Crippen molar-refractivity contribution in [2.24, 2.45) is 5.73 Å². The molecule has 2 rings (SSSR count). The molecular weight excluding hydrogens is 292 g/mol. The van der Waals surface area contributed by atoms with Gasteiger partial charge >= 0.3 is 0 Å². The van der Waals surface area contributed by atoms with Crippen LogP contribution in [0.2, 0.25) is 0 Å². The van der Waals surface area contributed by atoms with E-state index in [1.165, 1.54) is 0 Å². The van der Waals surface area contributed by atoms with Crippen molar-refractivity contribution in [3.63, 3.8) is 0 Å². The lowest BCUT2D eigenvalue weighted by atomic mass is 10.0. The molecule has 0 saturated carbocycles. The number of carbonyl (C=O) groups excluding carboxylic acids is 2. The molecule has 1 aromatic rings. The highest BCUT2D eigenvalue weighted by Gasteiger charge is 2.26.